The van der Waals surface area contributed by atoms with Crippen molar-refractivity contribution in [2.75, 3.05) is 39.8 Å². The van der Waals surface area contributed by atoms with Gasteiger partial charge in [0, 0.05) is 51.6 Å². The zero-order valence-electron chi connectivity index (χ0n) is 26.7. The molecule has 4 aliphatic rings. The van der Waals surface area contributed by atoms with E-state index >= 15 is 0 Å². The van der Waals surface area contributed by atoms with Crippen LogP contribution in [-0.4, -0.2) is 96.2 Å². The number of piperidine rings is 2. The van der Waals surface area contributed by atoms with Gasteiger partial charge in [-0.25, -0.2) is 0 Å². The smallest absolute Gasteiger partial charge is 0.223 e. The summed E-state index contributed by atoms with van der Waals surface area (Å²) in [5, 5.41) is 20.2. The maximum absolute atomic E-state index is 13.4. The van der Waals surface area contributed by atoms with Crippen LogP contribution in [0.25, 0.3) is 0 Å². The van der Waals surface area contributed by atoms with Crippen molar-refractivity contribution >= 4 is 17.7 Å². The van der Waals surface area contributed by atoms with Gasteiger partial charge in [0.25, 0.3) is 0 Å². The van der Waals surface area contributed by atoms with Crippen molar-refractivity contribution < 1.29 is 24.2 Å². The average molecular weight is 612 g/mol. The molecule has 3 amide bonds. The van der Waals surface area contributed by atoms with Crippen molar-refractivity contribution in [2.45, 2.75) is 108 Å². The van der Waals surface area contributed by atoms with Gasteiger partial charge in [-0.3, -0.25) is 19.3 Å². The number of carbonyl (C=O) groups excluding carboxylic acids is 3. The molecule has 1 aliphatic carbocycles. The highest BCUT2D eigenvalue weighted by Crippen LogP contribution is 2.34. The van der Waals surface area contributed by atoms with Crippen molar-refractivity contribution in [3.63, 3.8) is 0 Å². The summed E-state index contributed by atoms with van der Waals surface area (Å²) in [5.41, 5.74) is 0.480. The lowest BCUT2D eigenvalue weighted by Crippen LogP contribution is -2.58. The van der Waals surface area contributed by atoms with E-state index in [1.807, 2.05) is 18.2 Å². The summed E-state index contributed by atoms with van der Waals surface area (Å²) < 4.78 is 5.38. The summed E-state index contributed by atoms with van der Waals surface area (Å²) in [6, 6.07) is 8.15. The molecule has 10 nitrogen and oxygen atoms in total. The molecule has 1 spiro atoms. The minimum Gasteiger partial charge on any atom is -0.497 e. The van der Waals surface area contributed by atoms with Crippen LogP contribution in [0.3, 0.4) is 0 Å². The van der Waals surface area contributed by atoms with E-state index in [1.54, 1.807) is 14.0 Å². The summed E-state index contributed by atoms with van der Waals surface area (Å²) in [4.78, 5) is 44.7. The molecule has 0 aromatic heterocycles. The largest absolute Gasteiger partial charge is 0.497 e. The van der Waals surface area contributed by atoms with Crippen molar-refractivity contribution in [2.24, 2.45) is 11.8 Å². The molecule has 4 fully saturated rings. The first-order chi connectivity index (χ1) is 21.2. The van der Waals surface area contributed by atoms with E-state index in [1.165, 1.54) is 25.7 Å². The van der Waals surface area contributed by atoms with Crippen LogP contribution in [0.15, 0.2) is 24.3 Å². The van der Waals surface area contributed by atoms with Gasteiger partial charge in [-0.05, 0) is 81.5 Å². The molecule has 3 aliphatic heterocycles. The lowest BCUT2D eigenvalue weighted by Gasteiger charge is -2.43. The van der Waals surface area contributed by atoms with Crippen molar-refractivity contribution in [1.82, 2.24) is 25.8 Å². The van der Waals surface area contributed by atoms with Gasteiger partial charge in [-0.1, -0.05) is 25.0 Å². The topological polar surface area (TPSA) is 123 Å². The molecular weight excluding hydrogens is 558 g/mol. The second-order valence-electron chi connectivity index (χ2n) is 13.8. The number of carbonyl (C=O) groups is 3. The molecule has 1 aromatic carbocycles. The van der Waals surface area contributed by atoms with Crippen LogP contribution < -0.4 is 20.7 Å². The van der Waals surface area contributed by atoms with Crippen LogP contribution in [-0.2, 0) is 20.9 Å². The number of amides is 3. The molecule has 3 heterocycles. The quantitative estimate of drug-likeness (QED) is 0.413. The zero-order chi connectivity index (χ0) is 31.1. The highest BCUT2D eigenvalue weighted by molar-refractivity contribution is 5.81. The number of hydrogen-bond donors (Lipinski definition) is 4. The molecule has 244 valence electrons. The monoisotopic (exact) mass is 611 g/mol. The molecule has 1 saturated carbocycles. The van der Waals surface area contributed by atoms with Gasteiger partial charge >= 0.3 is 0 Å². The van der Waals surface area contributed by atoms with Gasteiger partial charge in [-0.2, -0.15) is 0 Å². The molecule has 10 heteroatoms. The maximum atomic E-state index is 13.4. The van der Waals surface area contributed by atoms with Gasteiger partial charge in [0.05, 0.1) is 31.2 Å². The first-order valence-electron chi connectivity index (χ1n) is 16.9. The van der Waals surface area contributed by atoms with Crippen molar-refractivity contribution in [1.29, 1.82) is 0 Å². The van der Waals surface area contributed by atoms with Gasteiger partial charge in [0.1, 0.15) is 5.75 Å². The molecule has 4 atom stereocenters. The third-order valence-corrected chi connectivity index (χ3v) is 10.7. The Morgan fingerprint density at radius 3 is 2.48 bits per heavy atom. The number of nitrogens with one attached hydrogen (secondary N) is 3. The van der Waals surface area contributed by atoms with Gasteiger partial charge < -0.3 is 30.7 Å². The third kappa shape index (κ3) is 8.73. The van der Waals surface area contributed by atoms with Crippen LogP contribution >= 0.6 is 0 Å². The number of nitrogens with zero attached hydrogens (tertiary/aromatic N) is 2. The number of methoxy groups -OCH3 is 1. The van der Waals surface area contributed by atoms with Gasteiger partial charge in [-0.15, -0.1) is 0 Å². The molecule has 4 N–H and O–H groups in total. The summed E-state index contributed by atoms with van der Waals surface area (Å²) in [6.07, 6.45) is 7.69. The number of fused-ring (bicyclic) bond motifs is 1. The highest BCUT2D eigenvalue weighted by atomic mass is 16.5. The number of rotatable bonds is 4. The predicted molar refractivity (Wildman–Crippen MR) is 169 cm³/mol. The van der Waals surface area contributed by atoms with Crippen molar-refractivity contribution in [3.8, 4) is 5.75 Å². The second kappa shape index (κ2) is 15.1. The summed E-state index contributed by atoms with van der Waals surface area (Å²) in [6.45, 7) is 6.56. The number of likely N-dealkylation sites (tertiary alicyclic amines) is 2. The third-order valence-electron chi connectivity index (χ3n) is 10.7. The van der Waals surface area contributed by atoms with E-state index in [9.17, 15) is 19.5 Å². The minimum absolute atomic E-state index is 0.0506. The van der Waals surface area contributed by atoms with Crippen LogP contribution in [0, 0.1) is 11.8 Å². The van der Waals surface area contributed by atoms with E-state index in [0.29, 0.717) is 37.8 Å². The molecule has 0 unspecified atom stereocenters. The number of benzene rings is 1. The zero-order valence-corrected chi connectivity index (χ0v) is 26.7. The van der Waals surface area contributed by atoms with E-state index < -0.39 is 17.7 Å². The van der Waals surface area contributed by atoms with Gasteiger partial charge in [0.2, 0.25) is 17.7 Å². The van der Waals surface area contributed by atoms with E-state index in [2.05, 4.69) is 31.8 Å². The Balaban J connectivity index is 1.26. The van der Waals surface area contributed by atoms with Crippen LogP contribution in [0.2, 0.25) is 0 Å². The van der Waals surface area contributed by atoms with E-state index in [4.69, 9.17) is 4.74 Å². The average Bonchev–Trinajstić information content (AvgIpc) is 3.54. The normalized spacial score (nSPS) is 30.3. The minimum atomic E-state index is -1.01. The van der Waals surface area contributed by atoms with Crippen LogP contribution in [0.5, 0.6) is 5.75 Å². The van der Waals surface area contributed by atoms with E-state index in [0.717, 1.165) is 56.9 Å². The fourth-order valence-electron chi connectivity index (χ4n) is 7.95. The SMILES string of the molecule is COc1cccc(CN2CCC3(CC2)CC(=O)NCC[C@H]2CN(C4CCCC4)CC[C@H]2CC(=O)N[C@@H](C)[C@@H](O)CC(=O)N3)c1. The standard InChI is InChI=1S/C34H53N5O5/c1-24-30(40)20-32(42)37-34(12-16-38(17-13-34)22-25-6-5-9-29(18-25)44-2)21-33(43)35-14-10-27-23-39(28-7-3-4-8-28)15-11-26(27)19-31(41)36-24/h5-6,9,18,24,26-28,30,40H,3-4,7-8,10-17,19-23H2,1-2H3,(H,35,43)(H,36,41)(H,37,42)/t24-,26-,27-,30-/m0/s1. The lowest BCUT2D eigenvalue weighted by molar-refractivity contribution is -0.130. The predicted octanol–water partition coefficient (Wildman–Crippen LogP) is 2.58. The number of ether oxygens (including phenoxy) is 1. The molecular formula is C34H53N5O5. The first-order valence-corrected chi connectivity index (χ1v) is 16.9. The van der Waals surface area contributed by atoms with Crippen LogP contribution in [0.4, 0.5) is 0 Å². The number of aliphatic hydroxyl groups excluding tert-OH is 1. The van der Waals surface area contributed by atoms with Crippen LogP contribution in [0.1, 0.15) is 83.1 Å². The molecule has 0 bridgehead atoms. The molecule has 5 rings (SSSR count). The molecule has 1 aromatic rings. The Kier molecular flexibility index (Phi) is 11.2. The second-order valence-corrected chi connectivity index (χ2v) is 13.8. The molecule has 44 heavy (non-hydrogen) atoms. The lowest BCUT2D eigenvalue weighted by atomic mass is 9.80. The summed E-state index contributed by atoms with van der Waals surface area (Å²) >= 11 is 0. The summed E-state index contributed by atoms with van der Waals surface area (Å²) in [7, 11) is 1.67. The molecule has 3 saturated heterocycles. The van der Waals surface area contributed by atoms with Gasteiger partial charge in [0.15, 0.2) is 0 Å². The Hall–Kier alpha value is -2.69. The fourth-order valence-corrected chi connectivity index (χ4v) is 7.95. The maximum Gasteiger partial charge on any atom is 0.223 e. The number of aliphatic hydroxyl groups is 1. The Bertz CT molecular complexity index is 1130. The Morgan fingerprint density at radius 1 is 0.955 bits per heavy atom. The number of hydrogen-bond acceptors (Lipinski definition) is 7. The summed E-state index contributed by atoms with van der Waals surface area (Å²) in [5.74, 6) is 0.983. The Morgan fingerprint density at radius 2 is 1.73 bits per heavy atom. The molecule has 0 radical (unpaired) electrons. The fraction of sp³-hybridized carbons (Fsp3) is 0.735. The highest BCUT2D eigenvalue weighted by Gasteiger charge is 2.39. The van der Waals surface area contributed by atoms with E-state index in [-0.39, 0.29) is 36.5 Å². The Labute approximate surface area is 262 Å². The first kappa shape index (κ1) is 32.7. The van der Waals surface area contributed by atoms with Crippen molar-refractivity contribution in [3.05, 3.63) is 29.8 Å².